The van der Waals surface area contributed by atoms with E-state index in [1.807, 2.05) is 0 Å². The summed E-state index contributed by atoms with van der Waals surface area (Å²) in [6.07, 6.45) is -4.95. The smallest absolute Gasteiger partial charge is 0.184 e. The highest BCUT2D eigenvalue weighted by Crippen LogP contribution is 2.24. The number of hydrogen-bond acceptors (Lipinski definition) is 6. The summed E-state index contributed by atoms with van der Waals surface area (Å²) in [6, 6.07) is 0. The first kappa shape index (κ1) is 9.32. The molecule has 6 heteroatoms. The van der Waals surface area contributed by atoms with E-state index in [4.69, 9.17) is 19.3 Å². The molecule has 0 amide bonds. The summed E-state index contributed by atoms with van der Waals surface area (Å²) in [5.41, 5.74) is 0. The SMILES string of the molecule is O[C@@H]1[C@@H](O)[C@@H](O)O[C@@H]2COCO[C@@H]12. The van der Waals surface area contributed by atoms with Crippen LogP contribution in [0.15, 0.2) is 0 Å². The standard InChI is InChI=1S/C7H12O6/c8-4-5(9)7(10)13-3-1-11-2-12-6(3)4/h3-10H,1-2H2/t3-,4-,5-,6-,7+/m1/s1. The summed E-state index contributed by atoms with van der Waals surface area (Å²) in [7, 11) is 0. The Morgan fingerprint density at radius 2 is 1.85 bits per heavy atom. The van der Waals surface area contributed by atoms with E-state index in [0.29, 0.717) is 0 Å². The van der Waals surface area contributed by atoms with Gasteiger partial charge in [0.2, 0.25) is 0 Å². The summed E-state index contributed by atoms with van der Waals surface area (Å²) < 4.78 is 14.9. The molecule has 2 aliphatic rings. The maximum absolute atomic E-state index is 9.47. The molecule has 0 spiro atoms. The Balaban J connectivity index is 2.08. The van der Waals surface area contributed by atoms with Crippen LogP contribution in [0.4, 0.5) is 0 Å². The molecule has 2 saturated heterocycles. The third-order valence-corrected chi connectivity index (χ3v) is 2.29. The molecule has 0 unspecified atom stereocenters. The lowest BCUT2D eigenvalue weighted by Crippen LogP contribution is -2.61. The Bertz CT molecular complexity index is 184. The number of rotatable bonds is 0. The Labute approximate surface area is 74.6 Å². The molecule has 0 saturated carbocycles. The number of hydrogen-bond donors (Lipinski definition) is 3. The minimum atomic E-state index is -1.37. The second kappa shape index (κ2) is 3.49. The van der Waals surface area contributed by atoms with Crippen molar-refractivity contribution in [3.05, 3.63) is 0 Å². The highest BCUT2D eigenvalue weighted by molar-refractivity contribution is 4.90. The molecule has 2 rings (SSSR count). The monoisotopic (exact) mass is 192 g/mol. The summed E-state index contributed by atoms with van der Waals surface area (Å²) in [5, 5.41) is 27.9. The van der Waals surface area contributed by atoms with Gasteiger partial charge in [0, 0.05) is 0 Å². The van der Waals surface area contributed by atoms with Gasteiger partial charge in [0.15, 0.2) is 6.29 Å². The minimum absolute atomic E-state index is 0.0738. The summed E-state index contributed by atoms with van der Waals surface area (Å²) >= 11 is 0. The summed E-state index contributed by atoms with van der Waals surface area (Å²) in [4.78, 5) is 0. The van der Waals surface area contributed by atoms with Crippen LogP contribution in [0.25, 0.3) is 0 Å². The van der Waals surface area contributed by atoms with Crippen molar-refractivity contribution in [2.24, 2.45) is 0 Å². The molecule has 3 N–H and O–H groups in total. The quantitative estimate of drug-likeness (QED) is 0.403. The van der Waals surface area contributed by atoms with Crippen LogP contribution in [0.2, 0.25) is 0 Å². The lowest BCUT2D eigenvalue weighted by atomic mass is 9.99. The lowest BCUT2D eigenvalue weighted by Gasteiger charge is -2.42. The van der Waals surface area contributed by atoms with Crippen LogP contribution in [-0.4, -0.2) is 59.4 Å². The van der Waals surface area contributed by atoms with Crippen LogP contribution in [0.5, 0.6) is 0 Å². The molecule has 2 heterocycles. The van der Waals surface area contributed by atoms with Gasteiger partial charge in [-0.2, -0.15) is 0 Å². The molecule has 0 radical (unpaired) electrons. The van der Waals surface area contributed by atoms with Gasteiger partial charge in [-0.05, 0) is 0 Å². The molecule has 6 nitrogen and oxygen atoms in total. The Morgan fingerprint density at radius 1 is 1.08 bits per heavy atom. The molecular weight excluding hydrogens is 180 g/mol. The molecular formula is C7H12O6. The van der Waals surface area contributed by atoms with Gasteiger partial charge in [-0.1, -0.05) is 0 Å². The fourth-order valence-corrected chi connectivity index (χ4v) is 1.55. The van der Waals surface area contributed by atoms with Gasteiger partial charge in [-0.3, -0.25) is 0 Å². The van der Waals surface area contributed by atoms with Crippen LogP contribution in [-0.2, 0) is 14.2 Å². The number of fused-ring (bicyclic) bond motifs is 1. The Hall–Kier alpha value is -0.240. The molecule has 0 aromatic heterocycles. The first-order valence-electron chi connectivity index (χ1n) is 4.09. The predicted octanol–water partition coefficient (Wildman–Crippen LogP) is -2.20. The van der Waals surface area contributed by atoms with E-state index in [0.717, 1.165) is 0 Å². The Kier molecular flexibility index (Phi) is 2.50. The van der Waals surface area contributed by atoms with Crippen molar-refractivity contribution in [1.82, 2.24) is 0 Å². The van der Waals surface area contributed by atoms with Gasteiger partial charge < -0.3 is 29.5 Å². The van der Waals surface area contributed by atoms with E-state index >= 15 is 0 Å². The molecule has 2 fully saturated rings. The van der Waals surface area contributed by atoms with Gasteiger partial charge >= 0.3 is 0 Å². The van der Waals surface area contributed by atoms with E-state index < -0.39 is 30.7 Å². The van der Waals surface area contributed by atoms with E-state index in [2.05, 4.69) is 0 Å². The third-order valence-electron chi connectivity index (χ3n) is 2.29. The van der Waals surface area contributed by atoms with Crippen LogP contribution in [0.1, 0.15) is 0 Å². The lowest BCUT2D eigenvalue weighted by molar-refractivity contribution is -0.329. The largest absolute Gasteiger partial charge is 0.387 e. The first-order valence-corrected chi connectivity index (χ1v) is 4.09. The molecule has 13 heavy (non-hydrogen) atoms. The van der Waals surface area contributed by atoms with Crippen LogP contribution < -0.4 is 0 Å². The van der Waals surface area contributed by atoms with Crippen molar-refractivity contribution in [3.8, 4) is 0 Å². The molecule has 76 valence electrons. The first-order chi connectivity index (χ1) is 6.20. The van der Waals surface area contributed by atoms with Crippen molar-refractivity contribution < 1.29 is 29.5 Å². The maximum atomic E-state index is 9.47. The van der Waals surface area contributed by atoms with Gasteiger partial charge in [0.25, 0.3) is 0 Å². The van der Waals surface area contributed by atoms with E-state index in [1.54, 1.807) is 0 Å². The molecule has 0 bridgehead atoms. The molecule has 0 aromatic carbocycles. The average Bonchev–Trinajstić information content (AvgIpc) is 2.15. The summed E-state index contributed by atoms with van der Waals surface area (Å²) in [5.74, 6) is 0. The highest BCUT2D eigenvalue weighted by Gasteiger charge is 2.46. The number of aliphatic hydroxyl groups is 3. The van der Waals surface area contributed by atoms with Crippen molar-refractivity contribution in [2.45, 2.75) is 30.7 Å². The van der Waals surface area contributed by atoms with Crippen molar-refractivity contribution >= 4 is 0 Å². The van der Waals surface area contributed by atoms with Crippen molar-refractivity contribution in [3.63, 3.8) is 0 Å². The number of aliphatic hydroxyl groups excluding tert-OH is 3. The van der Waals surface area contributed by atoms with Crippen LogP contribution >= 0.6 is 0 Å². The van der Waals surface area contributed by atoms with Crippen molar-refractivity contribution in [2.75, 3.05) is 13.4 Å². The molecule has 0 aliphatic carbocycles. The minimum Gasteiger partial charge on any atom is -0.387 e. The fourth-order valence-electron chi connectivity index (χ4n) is 1.55. The highest BCUT2D eigenvalue weighted by atomic mass is 16.7. The van der Waals surface area contributed by atoms with E-state index in [9.17, 15) is 10.2 Å². The van der Waals surface area contributed by atoms with Gasteiger partial charge in [0.05, 0.1) is 6.61 Å². The normalized spacial score (nSPS) is 51.5. The van der Waals surface area contributed by atoms with Gasteiger partial charge in [-0.25, -0.2) is 0 Å². The zero-order valence-electron chi connectivity index (χ0n) is 6.87. The van der Waals surface area contributed by atoms with E-state index in [1.165, 1.54) is 0 Å². The predicted molar refractivity (Wildman–Crippen MR) is 38.6 cm³/mol. The zero-order valence-corrected chi connectivity index (χ0v) is 6.87. The number of ether oxygens (including phenoxy) is 3. The van der Waals surface area contributed by atoms with E-state index in [-0.39, 0.29) is 13.4 Å². The molecule has 5 atom stereocenters. The van der Waals surface area contributed by atoms with Crippen LogP contribution in [0.3, 0.4) is 0 Å². The Morgan fingerprint density at radius 3 is 2.62 bits per heavy atom. The maximum Gasteiger partial charge on any atom is 0.184 e. The topological polar surface area (TPSA) is 88.4 Å². The summed E-state index contributed by atoms with van der Waals surface area (Å²) in [6.45, 7) is 0.329. The average molecular weight is 192 g/mol. The zero-order chi connectivity index (χ0) is 9.42. The van der Waals surface area contributed by atoms with Gasteiger partial charge in [-0.15, -0.1) is 0 Å². The molecule has 2 aliphatic heterocycles. The molecule has 0 aromatic rings. The fraction of sp³-hybridized carbons (Fsp3) is 1.00. The van der Waals surface area contributed by atoms with Gasteiger partial charge in [0.1, 0.15) is 31.2 Å². The second-order valence-electron chi connectivity index (χ2n) is 3.17. The van der Waals surface area contributed by atoms with Crippen LogP contribution in [0, 0.1) is 0 Å². The van der Waals surface area contributed by atoms with Crippen molar-refractivity contribution in [1.29, 1.82) is 0 Å². The second-order valence-corrected chi connectivity index (χ2v) is 3.17. The third kappa shape index (κ3) is 1.56.